The third kappa shape index (κ3) is 4.16. The first-order valence-corrected chi connectivity index (χ1v) is 12.0. The van der Waals surface area contributed by atoms with Gasteiger partial charge in [0.25, 0.3) is 10.0 Å². The fourth-order valence-electron chi connectivity index (χ4n) is 4.16. The molecule has 9 heteroatoms. The zero-order valence-corrected chi connectivity index (χ0v) is 17.3. The number of thiophene rings is 1. The number of guanidine groups is 1. The highest BCUT2D eigenvalue weighted by Gasteiger charge is 2.41. The van der Waals surface area contributed by atoms with Gasteiger partial charge in [-0.3, -0.25) is 4.99 Å². The standard InChI is InChI=1S/C18H28N4O3S2/c1-19-18(21-15-11-13-5-7-16(15)25-13)20-12-14-6-8-17(26-14)27(23,24)22-9-3-2-4-10-22/h6,8,13,15-16H,2-5,7,9-12H2,1H3,(H2,19,20,21). The monoisotopic (exact) mass is 412 g/mol. The molecule has 3 aliphatic rings. The Morgan fingerprint density at radius 1 is 1.30 bits per heavy atom. The largest absolute Gasteiger partial charge is 0.373 e. The molecule has 0 aromatic carbocycles. The van der Waals surface area contributed by atoms with E-state index in [4.69, 9.17) is 4.74 Å². The van der Waals surface area contributed by atoms with Gasteiger partial charge in [-0.15, -0.1) is 11.3 Å². The Balaban J connectivity index is 1.33. The Morgan fingerprint density at radius 3 is 2.78 bits per heavy atom. The van der Waals surface area contributed by atoms with Crippen LogP contribution < -0.4 is 10.6 Å². The summed E-state index contributed by atoms with van der Waals surface area (Å²) in [6, 6.07) is 3.93. The van der Waals surface area contributed by atoms with Crippen molar-refractivity contribution in [3.05, 3.63) is 17.0 Å². The molecule has 1 aromatic heterocycles. The SMILES string of the molecule is CN=C(NCc1ccc(S(=O)(=O)N2CCCCC2)s1)NC1CC2CCC1O2. The molecule has 3 atom stereocenters. The van der Waals surface area contributed by atoms with Gasteiger partial charge in [-0.25, -0.2) is 8.42 Å². The van der Waals surface area contributed by atoms with Crippen molar-refractivity contribution >= 4 is 27.3 Å². The van der Waals surface area contributed by atoms with Gasteiger partial charge in [0, 0.05) is 25.0 Å². The first kappa shape index (κ1) is 19.2. The second kappa shape index (κ2) is 8.06. The van der Waals surface area contributed by atoms with Gasteiger partial charge in [-0.05, 0) is 44.2 Å². The number of piperidine rings is 1. The number of hydrogen-bond donors (Lipinski definition) is 2. The van der Waals surface area contributed by atoms with Crippen LogP contribution in [0.3, 0.4) is 0 Å². The molecule has 4 heterocycles. The lowest BCUT2D eigenvalue weighted by Crippen LogP contribution is -2.47. The summed E-state index contributed by atoms with van der Waals surface area (Å²) in [5.41, 5.74) is 0. The first-order chi connectivity index (χ1) is 13.1. The molecule has 0 radical (unpaired) electrons. The van der Waals surface area contributed by atoms with E-state index in [0.29, 0.717) is 36.0 Å². The number of rotatable bonds is 5. The molecule has 2 bridgehead atoms. The number of nitrogens with zero attached hydrogens (tertiary/aromatic N) is 2. The summed E-state index contributed by atoms with van der Waals surface area (Å²) in [5, 5.41) is 6.75. The van der Waals surface area contributed by atoms with Gasteiger partial charge in [-0.1, -0.05) is 6.42 Å². The number of aliphatic imine (C=N–C) groups is 1. The van der Waals surface area contributed by atoms with E-state index in [9.17, 15) is 8.42 Å². The predicted molar refractivity (Wildman–Crippen MR) is 107 cm³/mol. The highest BCUT2D eigenvalue weighted by atomic mass is 32.2. The second-order valence-corrected chi connectivity index (χ2v) is 10.8. The van der Waals surface area contributed by atoms with Crippen molar-refractivity contribution in [3.63, 3.8) is 0 Å². The lowest BCUT2D eigenvalue weighted by atomic mass is 9.96. The lowest BCUT2D eigenvalue weighted by Gasteiger charge is -2.25. The molecule has 3 fully saturated rings. The number of hydrogen-bond acceptors (Lipinski definition) is 5. The van der Waals surface area contributed by atoms with E-state index in [0.717, 1.165) is 42.9 Å². The van der Waals surface area contributed by atoms with E-state index in [1.807, 2.05) is 6.07 Å². The molecule has 7 nitrogen and oxygen atoms in total. The van der Waals surface area contributed by atoms with Crippen LogP contribution in [0.25, 0.3) is 0 Å². The highest BCUT2D eigenvalue weighted by Crippen LogP contribution is 2.34. The molecule has 3 saturated heterocycles. The smallest absolute Gasteiger partial charge is 0.252 e. The second-order valence-electron chi connectivity index (χ2n) is 7.47. The number of ether oxygens (including phenoxy) is 1. The number of fused-ring (bicyclic) bond motifs is 2. The van der Waals surface area contributed by atoms with Gasteiger partial charge >= 0.3 is 0 Å². The molecule has 27 heavy (non-hydrogen) atoms. The van der Waals surface area contributed by atoms with E-state index >= 15 is 0 Å². The minimum atomic E-state index is -3.35. The van der Waals surface area contributed by atoms with Crippen LogP contribution in [-0.4, -0.2) is 57.1 Å². The van der Waals surface area contributed by atoms with Crippen molar-refractivity contribution in [1.29, 1.82) is 0 Å². The molecule has 1 aromatic rings. The zero-order valence-electron chi connectivity index (χ0n) is 15.7. The Morgan fingerprint density at radius 2 is 2.11 bits per heavy atom. The van der Waals surface area contributed by atoms with Crippen LogP contribution in [0.1, 0.15) is 43.4 Å². The van der Waals surface area contributed by atoms with Crippen molar-refractivity contribution in [2.24, 2.45) is 4.99 Å². The molecular weight excluding hydrogens is 384 g/mol. The lowest BCUT2D eigenvalue weighted by molar-refractivity contribution is 0.0992. The van der Waals surface area contributed by atoms with Crippen LogP contribution in [0, 0.1) is 0 Å². The summed E-state index contributed by atoms with van der Waals surface area (Å²) in [7, 11) is -1.59. The predicted octanol–water partition coefficient (Wildman–Crippen LogP) is 1.91. The number of sulfonamides is 1. The summed E-state index contributed by atoms with van der Waals surface area (Å²) in [6.45, 7) is 1.83. The van der Waals surface area contributed by atoms with Crippen molar-refractivity contribution in [2.45, 2.75) is 67.5 Å². The van der Waals surface area contributed by atoms with Crippen molar-refractivity contribution in [2.75, 3.05) is 20.1 Å². The summed E-state index contributed by atoms with van der Waals surface area (Å²) in [6.07, 6.45) is 7.01. The maximum atomic E-state index is 12.8. The van der Waals surface area contributed by atoms with Crippen LogP contribution in [0.4, 0.5) is 0 Å². The van der Waals surface area contributed by atoms with Gasteiger partial charge in [-0.2, -0.15) is 4.31 Å². The van der Waals surface area contributed by atoms with Gasteiger partial charge < -0.3 is 15.4 Å². The van der Waals surface area contributed by atoms with Gasteiger partial charge in [0.1, 0.15) is 4.21 Å². The normalized spacial score (nSPS) is 29.2. The summed E-state index contributed by atoms with van der Waals surface area (Å²) < 4.78 is 33.5. The van der Waals surface area contributed by atoms with Crippen LogP contribution in [0.2, 0.25) is 0 Å². The molecule has 0 amide bonds. The third-order valence-electron chi connectivity index (χ3n) is 5.63. The van der Waals surface area contributed by atoms with E-state index in [-0.39, 0.29) is 6.10 Å². The summed E-state index contributed by atoms with van der Waals surface area (Å²) >= 11 is 1.34. The van der Waals surface area contributed by atoms with Gasteiger partial charge in [0.2, 0.25) is 0 Å². The molecule has 0 spiro atoms. The fourth-order valence-corrected chi connectivity index (χ4v) is 7.12. The van der Waals surface area contributed by atoms with E-state index in [1.54, 1.807) is 17.4 Å². The van der Waals surface area contributed by atoms with E-state index < -0.39 is 10.0 Å². The average Bonchev–Trinajstić information content (AvgIpc) is 3.42. The van der Waals surface area contributed by atoms with Crippen LogP contribution in [0.15, 0.2) is 21.3 Å². The highest BCUT2D eigenvalue weighted by molar-refractivity contribution is 7.91. The minimum Gasteiger partial charge on any atom is -0.373 e. The van der Waals surface area contributed by atoms with Gasteiger partial charge in [0.05, 0.1) is 24.8 Å². The van der Waals surface area contributed by atoms with E-state index in [2.05, 4.69) is 15.6 Å². The molecule has 4 rings (SSSR count). The maximum absolute atomic E-state index is 12.8. The summed E-state index contributed by atoms with van der Waals surface area (Å²) in [5.74, 6) is 0.741. The van der Waals surface area contributed by atoms with Crippen LogP contribution in [-0.2, 0) is 21.3 Å². The zero-order chi connectivity index (χ0) is 18.9. The molecule has 3 aliphatic heterocycles. The third-order valence-corrected chi connectivity index (χ3v) is 9.08. The Hall–Kier alpha value is -1.16. The fraction of sp³-hybridized carbons (Fsp3) is 0.722. The topological polar surface area (TPSA) is 83.0 Å². The Bertz CT molecular complexity index is 786. The first-order valence-electron chi connectivity index (χ1n) is 9.78. The van der Waals surface area contributed by atoms with Crippen LogP contribution in [0.5, 0.6) is 0 Å². The van der Waals surface area contributed by atoms with Crippen molar-refractivity contribution in [1.82, 2.24) is 14.9 Å². The minimum absolute atomic E-state index is 0.288. The molecule has 0 saturated carbocycles. The quantitative estimate of drug-likeness (QED) is 0.570. The Kier molecular flexibility index (Phi) is 5.73. The van der Waals surface area contributed by atoms with Crippen LogP contribution >= 0.6 is 11.3 Å². The molecule has 0 aliphatic carbocycles. The van der Waals surface area contributed by atoms with Crippen molar-refractivity contribution < 1.29 is 13.2 Å². The van der Waals surface area contributed by atoms with Gasteiger partial charge in [0.15, 0.2) is 5.96 Å². The number of nitrogens with one attached hydrogen (secondary N) is 2. The summed E-state index contributed by atoms with van der Waals surface area (Å²) in [4.78, 5) is 5.28. The Labute approximate surface area is 165 Å². The molecule has 2 N–H and O–H groups in total. The molecule has 150 valence electrons. The van der Waals surface area contributed by atoms with E-state index in [1.165, 1.54) is 17.8 Å². The molecule has 3 unspecified atom stereocenters. The molecular formula is C18H28N4O3S2. The van der Waals surface area contributed by atoms with Crippen molar-refractivity contribution in [3.8, 4) is 0 Å². The maximum Gasteiger partial charge on any atom is 0.252 e. The average molecular weight is 413 g/mol.